The van der Waals surface area contributed by atoms with Crippen molar-refractivity contribution < 1.29 is 24.0 Å². The molecule has 1 aromatic heterocycles. The third-order valence-corrected chi connectivity index (χ3v) is 5.98. The first-order valence-electron chi connectivity index (χ1n) is 10.3. The topological polar surface area (TPSA) is 92.9 Å². The van der Waals surface area contributed by atoms with Gasteiger partial charge in [0.05, 0.1) is 18.7 Å². The Morgan fingerprint density at radius 3 is 2.42 bits per heavy atom. The smallest absolute Gasteiger partial charge is 0.301 e. The Kier molecular flexibility index (Phi) is 5.88. The highest BCUT2D eigenvalue weighted by Crippen LogP contribution is 2.43. The van der Waals surface area contributed by atoms with E-state index in [4.69, 9.17) is 9.26 Å². The van der Waals surface area contributed by atoms with E-state index in [1.807, 2.05) is 20.8 Å². The minimum atomic E-state index is -0.915. The van der Waals surface area contributed by atoms with E-state index in [9.17, 15) is 14.7 Å². The number of aliphatic hydroxyl groups is 1. The molecule has 2 heterocycles. The molecule has 0 unspecified atom stereocenters. The number of aliphatic hydroxyl groups excluding tert-OH is 1. The lowest BCUT2D eigenvalue weighted by Crippen LogP contribution is -2.29. The molecule has 33 heavy (non-hydrogen) atoms. The summed E-state index contributed by atoms with van der Waals surface area (Å²) in [5.41, 5.74) is 0.630. The molecule has 0 saturated carbocycles. The Balaban J connectivity index is 1.93. The van der Waals surface area contributed by atoms with Crippen LogP contribution in [0.15, 0.2) is 69.2 Å². The monoisotopic (exact) mass is 510 g/mol. The fourth-order valence-corrected chi connectivity index (χ4v) is 3.96. The normalized spacial score (nSPS) is 18.1. The largest absolute Gasteiger partial charge is 0.507 e. The minimum Gasteiger partial charge on any atom is -0.507 e. The molecule has 1 atom stereocenters. The summed E-state index contributed by atoms with van der Waals surface area (Å²) >= 11 is 3.36. The van der Waals surface area contributed by atoms with Crippen LogP contribution in [0.1, 0.15) is 43.7 Å². The van der Waals surface area contributed by atoms with E-state index in [0.717, 1.165) is 4.47 Å². The van der Waals surface area contributed by atoms with E-state index in [2.05, 4.69) is 21.1 Å². The second-order valence-electron chi connectivity index (χ2n) is 8.75. The number of halogens is 1. The van der Waals surface area contributed by atoms with Crippen LogP contribution in [0.3, 0.4) is 0 Å². The Morgan fingerprint density at radius 1 is 1.12 bits per heavy atom. The summed E-state index contributed by atoms with van der Waals surface area (Å²) in [7, 11) is 1.53. The maximum Gasteiger partial charge on any atom is 0.301 e. The lowest BCUT2D eigenvalue weighted by molar-refractivity contribution is -0.132. The number of carbonyl (C=O) groups is 2. The number of benzene rings is 2. The van der Waals surface area contributed by atoms with E-state index in [-0.39, 0.29) is 22.6 Å². The van der Waals surface area contributed by atoms with Crippen molar-refractivity contribution in [3.8, 4) is 5.75 Å². The van der Waals surface area contributed by atoms with Gasteiger partial charge in [-0.15, -0.1) is 0 Å². The summed E-state index contributed by atoms with van der Waals surface area (Å²) < 4.78 is 11.6. The second kappa shape index (κ2) is 8.51. The van der Waals surface area contributed by atoms with Crippen molar-refractivity contribution in [2.75, 3.05) is 12.0 Å². The van der Waals surface area contributed by atoms with Crippen LogP contribution in [0.2, 0.25) is 0 Å². The molecule has 1 amide bonds. The first-order chi connectivity index (χ1) is 15.6. The summed E-state index contributed by atoms with van der Waals surface area (Å²) in [5.74, 6) is -0.548. The molecule has 1 aliphatic rings. The third-order valence-electron chi connectivity index (χ3n) is 5.46. The van der Waals surface area contributed by atoms with Gasteiger partial charge in [-0.25, -0.2) is 0 Å². The zero-order chi connectivity index (χ0) is 23.9. The lowest BCUT2D eigenvalue weighted by Gasteiger charge is -2.23. The fourth-order valence-electron chi connectivity index (χ4n) is 3.69. The average molecular weight is 511 g/mol. The molecule has 0 spiro atoms. The van der Waals surface area contributed by atoms with E-state index in [0.29, 0.717) is 22.6 Å². The van der Waals surface area contributed by atoms with Gasteiger partial charge in [0.25, 0.3) is 5.78 Å². The Bertz CT molecular complexity index is 1250. The number of anilines is 1. The molecule has 3 aromatic rings. The van der Waals surface area contributed by atoms with Gasteiger partial charge in [0.2, 0.25) is 0 Å². The number of hydrogen-bond donors (Lipinski definition) is 1. The van der Waals surface area contributed by atoms with Gasteiger partial charge in [-0.3, -0.25) is 14.5 Å². The van der Waals surface area contributed by atoms with Crippen molar-refractivity contribution >= 4 is 39.2 Å². The van der Waals surface area contributed by atoms with Crippen LogP contribution in [0.25, 0.3) is 5.76 Å². The molecular weight excluding hydrogens is 488 g/mol. The van der Waals surface area contributed by atoms with E-state index in [1.165, 1.54) is 12.0 Å². The molecule has 1 saturated heterocycles. The van der Waals surface area contributed by atoms with Crippen molar-refractivity contribution in [2.24, 2.45) is 0 Å². The number of ketones is 1. The molecule has 0 aliphatic carbocycles. The number of hydrogen-bond acceptors (Lipinski definition) is 6. The predicted octanol–water partition coefficient (Wildman–Crippen LogP) is 5.37. The Labute approximate surface area is 199 Å². The maximum absolute atomic E-state index is 13.2. The second-order valence-corrected chi connectivity index (χ2v) is 9.67. The third kappa shape index (κ3) is 4.18. The van der Waals surface area contributed by atoms with Gasteiger partial charge in [-0.05, 0) is 29.8 Å². The zero-order valence-electron chi connectivity index (χ0n) is 18.6. The number of aromatic nitrogens is 1. The minimum absolute atomic E-state index is 0.0316. The van der Waals surface area contributed by atoms with Crippen LogP contribution >= 0.6 is 15.9 Å². The molecule has 0 bridgehead atoms. The van der Waals surface area contributed by atoms with Gasteiger partial charge in [-0.2, -0.15) is 0 Å². The van der Waals surface area contributed by atoms with Gasteiger partial charge in [0, 0.05) is 21.5 Å². The molecule has 1 aliphatic heterocycles. The Hall–Kier alpha value is -3.39. The van der Waals surface area contributed by atoms with Crippen LogP contribution in [0, 0.1) is 0 Å². The maximum atomic E-state index is 13.2. The SMILES string of the molecule is COc1cccc([C@@H]2C(=C(O)c3ccc(Br)cc3)C(=O)C(=O)N2c2cc(C(C)(C)C)on2)c1. The number of carbonyl (C=O) groups excluding carboxylic acids is 2. The van der Waals surface area contributed by atoms with Crippen molar-refractivity contribution in [1.82, 2.24) is 5.16 Å². The highest BCUT2D eigenvalue weighted by Gasteiger charge is 2.48. The van der Waals surface area contributed by atoms with Gasteiger partial charge >= 0.3 is 5.91 Å². The van der Waals surface area contributed by atoms with Gasteiger partial charge < -0.3 is 14.4 Å². The zero-order valence-corrected chi connectivity index (χ0v) is 20.2. The number of amides is 1. The first kappa shape index (κ1) is 22.8. The Morgan fingerprint density at radius 2 is 1.82 bits per heavy atom. The average Bonchev–Trinajstić information content (AvgIpc) is 3.37. The highest BCUT2D eigenvalue weighted by atomic mass is 79.9. The number of Topliss-reactive ketones (excluding diaryl/α,β-unsaturated/α-hetero) is 1. The predicted molar refractivity (Wildman–Crippen MR) is 127 cm³/mol. The van der Waals surface area contributed by atoms with Gasteiger partial charge in [0.15, 0.2) is 5.82 Å². The number of rotatable bonds is 4. The van der Waals surface area contributed by atoms with Crippen molar-refractivity contribution in [2.45, 2.75) is 32.2 Å². The first-order valence-corrected chi connectivity index (χ1v) is 11.1. The lowest BCUT2D eigenvalue weighted by atomic mass is 9.93. The number of methoxy groups -OCH3 is 1. The van der Waals surface area contributed by atoms with Crippen molar-refractivity contribution in [3.63, 3.8) is 0 Å². The summed E-state index contributed by atoms with van der Waals surface area (Å²) in [4.78, 5) is 27.7. The summed E-state index contributed by atoms with van der Waals surface area (Å²) in [6.07, 6.45) is 0. The molecule has 170 valence electrons. The fraction of sp³-hybridized carbons (Fsp3) is 0.240. The molecular formula is C25H23BrN2O5. The molecule has 0 radical (unpaired) electrons. The van der Waals surface area contributed by atoms with Crippen LogP contribution in [0.5, 0.6) is 5.75 Å². The molecule has 8 heteroatoms. The quantitative estimate of drug-likeness (QED) is 0.288. The summed E-state index contributed by atoms with van der Waals surface area (Å²) in [6.45, 7) is 5.87. The van der Waals surface area contributed by atoms with E-state index < -0.39 is 17.7 Å². The van der Waals surface area contributed by atoms with Crippen molar-refractivity contribution in [3.05, 3.63) is 81.5 Å². The molecule has 1 fully saturated rings. The van der Waals surface area contributed by atoms with Gasteiger partial charge in [-0.1, -0.05) is 66.1 Å². The molecule has 4 rings (SSSR count). The van der Waals surface area contributed by atoms with E-state index >= 15 is 0 Å². The van der Waals surface area contributed by atoms with Crippen LogP contribution in [-0.4, -0.2) is 29.1 Å². The highest BCUT2D eigenvalue weighted by molar-refractivity contribution is 9.10. The van der Waals surface area contributed by atoms with Crippen molar-refractivity contribution in [1.29, 1.82) is 0 Å². The standard InChI is InChI=1S/C25H23BrN2O5/c1-25(2,3)18-13-19(27-33-18)28-21(15-6-5-7-17(12-15)32-4)20(23(30)24(28)31)22(29)14-8-10-16(26)11-9-14/h5-13,21,29H,1-4H3/t21-/m1/s1. The summed E-state index contributed by atoms with van der Waals surface area (Å²) in [6, 6.07) is 14.6. The number of ether oxygens (including phenoxy) is 1. The van der Waals surface area contributed by atoms with E-state index in [1.54, 1.807) is 54.6 Å². The number of nitrogens with zero attached hydrogens (tertiary/aromatic N) is 2. The van der Waals surface area contributed by atoms with Crippen LogP contribution < -0.4 is 9.64 Å². The molecule has 1 N–H and O–H groups in total. The van der Waals surface area contributed by atoms with Crippen LogP contribution in [-0.2, 0) is 15.0 Å². The van der Waals surface area contributed by atoms with Crippen LogP contribution in [0.4, 0.5) is 5.82 Å². The summed E-state index contributed by atoms with van der Waals surface area (Å²) in [5, 5.41) is 15.2. The molecule has 2 aromatic carbocycles. The van der Waals surface area contributed by atoms with Gasteiger partial charge in [0.1, 0.15) is 17.3 Å². The molecule has 7 nitrogen and oxygen atoms in total.